The summed E-state index contributed by atoms with van der Waals surface area (Å²) in [6.07, 6.45) is 4.33. The van der Waals surface area contributed by atoms with Gasteiger partial charge in [0, 0.05) is 12.2 Å². The molecule has 0 saturated heterocycles. The quantitative estimate of drug-likeness (QED) is 0.819. The number of nitrogens with zero attached hydrogens (tertiary/aromatic N) is 2. The average Bonchev–Trinajstić information content (AvgIpc) is 2.45. The number of carbonyl (C=O) groups is 1. The SMILES string of the molecule is C=CCNC(=O)c1cnc(Nc2cccc(F)c2)cn1. The highest BCUT2D eigenvalue weighted by Crippen LogP contribution is 2.14. The van der Waals surface area contributed by atoms with Gasteiger partial charge in [-0.05, 0) is 18.2 Å². The van der Waals surface area contributed by atoms with E-state index in [1.807, 2.05) is 0 Å². The van der Waals surface area contributed by atoms with Crippen LogP contribution in [0.1, 0.15) is 10.5 Å². The fourth-order valence-electron chi connectivity index (χ4n) is 1.48. The van der Waals surface area contributed by atoms with Crippen molar-refractivity contribution in [1.29, 1.82) is 0 Å². The lowest BCUT2D eigenvalue weighted by Gasteiger charge is -2.06. The molecule has 1 amide bonds. The van der Waals surface area contributed by atoms with Gasteiger partial charge in [0.1, 0.15) is 17.3 Å². The fraction of sp³-hybridized carbons (Fsp3) is 0.0714. The van der Waals surface area contributed by atoms with Crippen molar-refractivity contribution in [2.75, 3.05) is 11.9 Å². The Morgan fingerprint density at radius 1 is 1.35 bits per heavy atom. The zero-order valence-electron chi connectivity index (χ0n) is 10.6. The number of benzene rings is 1. The minimum atomic E-state index is -0.344. The van der Waals surface area contributed by atoms with Gasteiger partial charge in [0.05, 0.1) is 12.4 Å². The lowest BCUT2D eigenvalue weighted by molar-refractivity contribution is 0.0952. The third kappa shape index (κ3) is 3.61. The maximum atomic E-state index is 13.0. The van der Waals surface area contributed by atoms with Crippen molar-refractivity contribution < 1.29 is 9.18 Å². The van der Waals surface area contributed by atoms with Gasteiger partial charge >= 0.3 is 0 Å². The Kier molecular flexibility index (Phi) is 4.39. The second-order valence-corrected chi connectivity index (χ2v) is 3.92. The summed E-state index contributed by atoms with van der Waals surface area (Å²) in [5.74, 6) is -0.242. The van der Waals surface area contributed by atoms with E-state index in [2.05, 4.69) is 27.2 Å². The normalized spacial score (nSPS) is 9.85. The molecule has 0 aliphatic rings. The largest absolute Gasteiger partial charge is 0.347 e. The van der Waals surface area contributed by atoms with E-state index >= 15 is 0 Å². The molecule has 2 N–H and O–H groups in total. The van der Waals surface area contributed by atoms with Crippen LogP contribution in [0.2, 0.25) is 0 Å². The molecule has 0 spiro atoms. The standard InChI is InChI=1S/C14H13FN4O/c1-2-6-16-14(20)12-8-18-13(9-17-12)19-11-5-3-4-10(15)7-11/h2-5,7-9H,1,6H2,(H,16,20)(H,18,19). The summed E-state index contributed by atoms with van der Waals surface area (Å²) in [6, 6.07) is 5.98. The highest BCUT2D eigenvalue weighted by atomic mass is 19.1. The molecule has 1 aromatic carbocycles. The number of rotatable bonds is 5. The molecule has 0 bridgehead atoms. The number of anilines is 2. The summed E-state index contributed by atoms with van der Waals surface area (Å²) in [5, 5.41) is 5.49. The molecule has 20 heavy (non-hydrogen) atoms. The number of hydrogen-bond donors (Lipinski definition) is 2. The molecule has 6 heteroatoms. The second kappa shape index (κ2) is 6.42. The first-order valence-electron chi connectivity index (χ1n) is 5.93. The molecule has 0 unspecified atom stereocenters. The number of hydrogen-bond acceptors (Lipinski definition) is 4. The van der Waals surface area contributed by atoms with E-state index in [0.717, 1.165) is 0 Å². The Bertz CT molecular complexity index is 613. The first-order valence-corrected chi connectivity index (χ1v) is 5.93. The smallest absolute Gasteiger partial charge is 0.271 e. The molecule has 102 valence electrons. The molecular weight excluding hydrogens is 259 g/mol. The molecular formula is C14H13FN4O. The molecule has 0 fully saturated rings. The summed E-state index contributed by atoms with van der Waals surface area (Å²) in [4.78, 5) is 19.6. The first kappa shape index (κ1) is 13.7. The molecule has 1 aromatic heterocycles. The van der Waals surface area contributed by atoms with Crippen LogP contribution < -0.4 is 10.6 Å². The van der Waals surface area contributed by atoms with Gasteiger partial charge in [-0.15, -0.1) is 6.58 Å². The van der Waals surface area contributed by atoms with Crippen LogP contribution in [0.4, 0.5) is 15.9 Å². The molecule has 0 radical (unpaired) electrons. The van der Waals surface area contributed by atoms with E-state index in [-0.39, 0.29) is 17.4 Å². The molecule has 2 aromatic rings. The zero-order chi connectivity index (χ0) is 14.4. The van der Waals surface area contributed by atoms with Gasteiger partial charge in [-0.2, -0.15) is 0 Å². The van der Waals surface area contributed by atoms with Gasteiger partial charge < -0.3 is 10.6 Å². The molecule has 5 nitrogen and oxygen atoms in total. The van der Waals surface area contributed by atoms with Crippen molar-refractivity contribution in [2.24, 2.45) is 0 Å². The van der Waals surface area contributed by atoms with E-state index in [4.69, 9.17) is 0 Å². The molecule has 2 rings (SSSR count). The molecule has 0 aliphatic heterocycles. The van der Waals surface area contributed by atoms with Crippen molar-refractivity contribution in [3.05, 3.63) is 60.8 Å². The Hall–Kier alpha value is -2.76. The van der Waals surface area contributed by atoms with E-state index in [1.165, 1.54) is 24.5 Å². The first-order chi connectivity index (χ1) is 9.69. The van der Waals surface area contributed by atoms with Crippen LogP contribution in [0.25, 0.3) is 0 Å². The molecule has 0 saturated carbocycles. The minimum absolute atomic E-state index is 0.205. The van der Waals surface area contributed by atoms with Gasteiger partial charge in [-0.1, -0.05) is 12.1 Å². The number of nitrogens with one attached hydrogen (secondary N) is 2. The van der Waals surface area contributed by atoms with Gasteiger partial charge in [0.15, 0.2) is 0 Å². The van der Waals surface area contributed by atoms with Crippen molar-refractivity contribution in [3.63, 3.8) is 0 Å². The summed E-state index contributed by atoms with van der Waals surface area (Å²) < 4.78 is 13.0. The highest BCUT2D eigenvalue weighted by molar-refractivity contribution is 5.92. The number of halogens is 1. The summed E-state index contributed by atoms with van der Waals surface area (Å²) >= 11 is 0. The van der Waals surface area contributed by atoms with Crippen molar-refractivity contribution >= 4 is 17.4 Å². The third-order valence-electron chi connectivity index (χ3n) is 2.39. The number of carbonyl (C=O) groups excluding carboxylic acids is 1. The lowest BCUT2D eigenvalue weighted by atomic mass is 10.3. The molecule has 0 atom stereocenters. The number of aromatic nitrogens is 2. The average molecular weight is 272 g/mol. The van der Waals surface area contributed by atoms with Crippen LogP contribution in [-0.4, -0.2) is 22.4 Å². The van der Waals surface area contributed by atoms with E-state index in [0.29, 0.717) is 18.1 Å². The van der Waals surface area contributed by atoms with E-state index < -0.39 is 0 Å². The second-order valence-electron chi connectivity index (χ2n) is 3.92. The van der Waals surface area contributed by atoms with E-state index in [1.54, 1.807) is 18.2 Å². The topological polar surface area (TPSA) is 66.9 Å². The van der Waals surface area contributed by atoms with Crippen LogP contribution >= 0.6 is 0 Å². The van der Waals surface area contributed by atoms with Gasteiger partial charge in [-0.25, -0.2) is 14.4 Å². The van der Waals surface area contributed by atoms with Crippen LogP contribution in [-0.2, 0) is 0 Å². The van der Waals surface area contributed by atoms with Crippen LogP contribution in [0, 0.1) is 5.82 Å². The maximum absolute atomic E-state index is 13.0. The summed E-state index contributed by atoms with van der Waals surface area (Å²) in [5.41, 5.74) is 0.764. The summed E-state index contributed by atoms with van der Waals surface area (Å²) in [7, 11) is 0. The van der Waals surface area contributed by atoms with Crippen LogP contribution in [0.3, 0.4) is 0 Å². The van der Waals surface area contributed by atoms with Crippen molar-refractivity contribution in [2.45, 2.75) is 0 Å². The van der Waals surface area contributed by atoms with Gasteiger partial charge in [-0.3, -0.25) is 4.79 Å². The monoisotopic (exact) mass is 272 g/mol. The predicted molar refractivity (Wildman–Crippen MR) is 74.2 cm³/mol. The fourth-order valence-corrected chi connectivity index (χ4v) is 1.48. The maximum Gasteiger partial charge on any atom is 0.271 e. The predicted octanol–water partition coefficient (Wildman–Crippen LogP) is 2.28. The minimum Gasteiger partial charge on any atom is -0.347 e. The van der Waals surface area contributed by atoms with Gasteiger partial charge in [0.25, 0.3) is 5.91 Å². The summed E-state index contributed by atoms with van der Waals surface area (Å²) in [6.45, 7) is 3.87. The Balaban J connectivity index is 2.04. The highest BCUT2D eigenvalue weighted by Gasteiger charge is 2.06. The molecule has 1 heterocycles. The van der Waals surface area contributed by atoms with E-state index in [9.17, 15) is 9.18 Å². The Labute approximate surface area is 115 Å². The van der Waals surface area contributed by atoms with Crippen LogP contribution in [0.5, 0.6) is 0 Å². The third-order valence-corrected chi connectivity index (χ3v) is 2.39. The zero-order valence-corrected chi connectivity index (χ0v) is 10.6. The van der Waals surface area contributed by atoms with Crippen molar-refractivity contribution in [1.82, 2.24) is 15.3 Å². The Morgan fingerprint density at radius 2 is 2.20 bits per heavy atom. The molecule has 0 aliphatic carbocycles. The van der Waals surface area contributed by atoms with Crippen LogP contribution in [0.15, 0.2) is 49.3 Å². The van der Waals surface area contributed by atoms with Gasteiger partial charge in [0.2, 0.25) is 0 Å². The number of amides is 1. The lowest BCUT2D eigenvalue weighted by Crippen LogP contribution is -2.24. The van der Waals surface area contributed by atoms with Crippen molar-refractivity contribution in [3.8, 4) is 0 Å². The Morgan fingerprint density at radius 3 is 2.85 bits per heavy atom.